The summed E-state index contributed by atoms with van der Waals surface area (Å²) in [6, 6.07) is 6.01. The smallest absolute Gasteiger partial charge is 0.238 e. The zero-order chi connectivity index (χ0) is 10.6. The monoisotopic (exact) mass is 216 g/mol. The van der Waals surface area contributed by atoms with Crippen molar-refractivity contribution < 1.29 is 13.5 Å². The molecule has 1 aromatic rings. The number of nitrogens with two attached hydrogens (primary N) is 1. The summed E-state index contributed by atoms with van der Waals surface area (Å²) in [5.41, 5.74) is 0.742. The first-order valence-electron chi connectivity index (χ1n) is 4.01. The third-order valence-electron chi connectivity index (χ3n) is 1.62. The molecular weight excluding hydrogens is 204 g/mol. The summed E-state index contributed by atoms with van der Waals surface area (Å²) in [5, 5.41) is 16.3. The highest BCUT2D eigenvalue weighted by atomic mass is 32.2. The number of benzene rings is 1. The van der Waals surface area contributed by atoms with Crippen LogP contribution in [0.15, 0.2) is 29.2 Å². The molecule has 4 N–H and O–H groups in total. The summed E-state index contributed by atoms with van der Waals surface area (Å²) >= 11 is 0. The second-order valence-electron chi connectivity index (χ2n) is 2.72. The molecule has 0 fully saturated rings. The summed E-state index contributed by atoms with van der Waals surface area (Å²) in [4.78, 5) is 0.0760. The van der Waals surface area contributed by atoms with Gasteiger partial charge in [-0.05, 0) is 24.3 Å². The predicted molar refractivity (Wildman–Crippen MR) is 53.4 cm³/mol. The Morgan fingerprint density at radius 2 is 1.86 bits per heavy atom. The van der Waals surface area contributed by atoms with E-state index in [2.05, 4.69) is 5.32 Å². The zero-order valence-corrected chi connectivity index (χ0v) is 8.29. The third kappa shape index (κ3) is 2.99. The number of anilines is 1. The number of rotatable bonds is 4. The number of hydrogen-bond donors (Lipinski definition) is 3. The molecule has 0 saturated carbocycles. The van der Waals surface area contributed by atoms with Gasteiger partial charge in [-0.3, -0.25) is 0 Å². The quantitative estimate of drug-likeness (QED) is 0.646. The lowest BCUT2D eigenvalue weighted by Gasteiger charge is -2.04. The topological polar surface area (TPSA) is 92.4 Å². The van der Waals surface area contributed by atoms with Gasteiger partial charge in [-0.1, -0.05) is 0 Å². The molecular formula is C8H12N2O3S. The Labute approximate surface area is 82.6 Å². The Kier molecular flexibility index (Phi) is 3.45. The van der Waals surface area contributed by atoms with Gasteiger partial charge in [0.15, 0.2) is 0 Å². The van der Waals surface area contributed by atoms with Gasteiger partial charge >= 0.3 is 0 Å². The summed E-state index contributed by atoms with van der Waals surface area (Å²) in [5.74, 6) is 0. The van der Waals surface area contributed by atoms with Gasteiger partial charge < -0.3 is 10.4 Å². The molecule has 1 aromatic carbocycles. The van der Waals surface area contributed by atoms with Crippen LogP contribution in [-0.2, 0) is 10.0 Å². The lowest BCUT2D eigenvalue weighted by atomic mass is 10.3. The largest absolute Gasteiger partial charge is 0.395 e. The molecule has 0 aliphatic carbocycles. The molecule has 0 spiro atoms. The highest BCUT2D eigenvalue weighted by molar-refractivity contribution is 7.89. The van der Waals surface area contributed by atoms with E-state index < -0.39 is 10.0 Å². The lowest BCUT2D eigenvalue weighted by Crippen LogP contribution is -2.12. The van der Waals surface area contributed by atoms with Gasteiger partial charge in [0.2, 0.25) is 10.0 Å². The minimum Gasteiger partial charge on any atom is -0.395 e. The molecule has 0 aliphatic heterocycles. The van der Waals surface area contributed by atoms with Crippen LogP contribution in [0, 0.1) is 0 Å². The van der Waals surface area contributed by atoms with E-state index in [4.69, 9.17) is 10.2 Å². The lowest BCUT2D eigenvalue weighted by molar-refractivity contribution is 0.311. The molecule has 0 saturated heterocycles. The SMILES string of the molecule is NS(=O)(=O)c1ccc(NCCO)cc1. The van der Waals surface area contributed by atoms with Crippen LogP contribution in [0.5, 0.6) is 0 Å². The Hall–Kier alpha value is -1.11. The zero-order valence-electron chi connectivity index (χ0n) is 7.47. The fourth-order valence-corrected chi connectivity index (χ4v) is 1.48. The van der Waals surface area contributed by atoms with Crippen LogP contribution in [0.25, 0.3) is 0 Å². The fourth-order valence-electron chi connectivity index (χ4n) is 0.963. The summed E-state index contributed by atoms with van der Waals surface area (Å²) < 4.78 is 21.8. The van der Waals surface area contributed by atoms with Crippen molar-refractivity contribution in [3.8, 4) is 0 Å². The average molecular weight is 216 g/mol. The molecule has 0 radical (unpaired) electrons. The van der Waals surface area contributed by atoms with Crippen molar-refractivity contribution in [2.24, 2.45) is 5.14 Å². The molecule has 1 rings (SSSR count). The van der Waals surface area contributed by atoms with E-state index >= 15 is 0 Å². The summed E-state index contributed by atoms with van der Waals surface area (Å²) in [6.45, 7) is 0.450. The molecule has 0 bridgehead atoms. The maximum atomic E-state index is 10.9. The van der Waals surface area contributed by atoms with Crippen molar-refractivity contribution in [2.45, 2.75) is 4.90 Å². The molecule has 0 aromatic heterocycles. The first kappa shape index (κ1) is 11.0. The van der Waals surface area contributed by atoms with Gasteiger partial charge in [0.05, 0.1) is 11.5 Å². The molecule has 0 atom stereocenters. The average Bonchev–Trinajstić information content (AvgIpc) is 2.14. The fraction of sp³-hybridized carbons (Fsp3) is 0.250. The van der Waals surface area contributed by atoms with E-state index in [-0.39, 0.29) is 11.5 Å². The van der Waals surface area contributed by atoms with Crippen LogP contribution >= 0.6 is 0 Å². The first-order valence-corrected chi connectivity index (χ1v) is 5.56. The van der Waals surface area contributed by atoms with Crippen molar-refractivity contribution in [2.75, 3.05) is 18.5 Å². The Morgan fingerprint density at radius 3 is 2.29 bits per heavy atom. The Morgan fingerprint density at radius 1 is 1.29 bits per heavy atom. The van der Waals surface area contributed by atoms with Crippen LogP contribution in [0.3, 0.4) is 0 Å². The molecule has 0 unspecified atom stereocenters. The highest BCUT2D eigenvalue weighted by Crippen LogP contribution is 2.11. The normalized spacial score (nSPS) is 11.3. The number of nitrogens with one attached hydrogen (secondary N) is 1. The predicted octanol–water partition coefficient (Wildman–Crippen LogP) is -0.262. The van der Waals surface area contributed by atoms with Crippen LogP contribution in [0.1, 0.15) is 0 Å². The minimum absolute atomic E-state index is 0.0247. The van der Waals surface area contributed by atoms with Crippen molar-refractivity contribution in [1.82, 2.24) is 0 Å². The maximum absolute atomic E-state index is 10.9. The van der Waals surface area contributed by atoms with Gasteiger partial charge in [-0.15, -0.1) is 0 Å². The summed E-state index contributed by atoms with van der Waals surface area (Å²) in [6.07, 6.45) is 0. The van der Waals surface area contributed by atoms with Gasteiger partial charge in [0.25, 0.3) is 0 Å². The number of hydrogen-bond acceptors (Lipinski definition) is 4. The maximum Gasteiger partial charge on any atom is 0.238 e. The second-order valence-corrected chi connectivity index (χ2v) is 4.28. The van der Waals surface area contributed by atoms with E-state index in [1.54, 1.807) is 12.1 Å². The van der Waals surface area contributed by atoms with Gasteiger partial charge in [0.1, 0.15) is 0 Å². The first-order chi connectivity index (χ1) is 6.54. The Bertz CT molecular complexity index is 386. The van der Waals surface area contributed by atoms with Crippen molar-refractivity contribution >= 4 is 15.7 Å². The van der Waals surface area contributed by atoms with Crippen LogP contribution in [-0.4, -0.2) is 26.7 Å². The van der Waals surface area contributed by atoms with E-state index in [1.807, 2.05) is 0 Å². The minimum atomic E-state index is -3.62. The van der Waals surface area contributed by atoms with Gasteiger partial charge in [-0.2, -0.15) is 0 Å². The van der Waals surface area contributed by atoms with E-state index in [0.29, 0.717) is 6.54 Å². The number of sulfonamides is 1. The second kappa shape index (κ2) is 4.41. The molecule has 6 heteroatoms. The number of aliphatic hydroxyl groups is 1. The number of aliphatic hydroxyl groups excluding tert-OH is 1. The standard InChI is InChI=1S/C8H12N2O3S/c9-14(12,13)8-3-1-7(2-4-8)10-5-6-11/h1-4,10-11H,5-6H2,(H2,9,12,13). The van der Waals surface area contributed by atoms with E-state index in [9.17, 15) is 8.42 Å². The molecule has 0 heterocycles. The molecule has 14 heavy (non-hydrogen) atoms. The molecule has 0 aliphatic rings. The molecule has 5 nitrogen and oxygen atoms in total. The third-order valence-corrected chi connectivity index (χ3v) is 2.55. The van der Waals surface area contributed by atoms with Crippen LogP contribution in [0.2, 0.25) is 0 Å². The van der Waals surface area contributed by atoms with E-state index in [1.165, 1.54) is 12.1 Å². The van der Waals surface area contributed by atoms with E-state index in [0.717, 1.165) is 5.69 Å². The molecule has 78 valence electrons. The van der Waals surface area contributed by atoms with Gasteiger partial charge in [-0.25, -0.2) is 13.6 Å². The molecule has 0 amide bonds. The van der Waals surface area contributed by atoms with Crippen molar-refractivity contribution in [3.63, 3.8) is 0 Å². The summed E-state index contributed by atoms with van der Waals surface area (Å²) in [7, 11) is -3.62. The number of primary sulfonamides is 1. The Balaban J connectivity index is 2.79. The highest BCUT2D eigenvalue weighted by Gasteiger charge is 2.05. The van der Waals surface area contributed by atoms with Crippen LogP contribution in [0.4, 0.5) is 5.69 Å². The van der Waals surface area contributed by atoms with Crippen molar-refractivity contribution in [3.05, 3.63) is 24.3 Å². The van der Waals surface area contributed by atoms with Crippen molar-refractivity contribution in [1.29, 1.82) is 0 Å². The van der Waals surface area contributed by atoms with Crippen LogP contribution < -0.4 is 10.5 Å². The van der Waals surface area contributed by atoms with Gasteiger partial charge in [0, 0.05) is 12.2 Å².